The van der Waals surface area contributed by atoms with Gasteiger partial charge in [0.15, 0.2) is 0 Å². The summed E-state index contributed by atoms with van der Waals surface area (Å²) < 4.78 is 0. The third-order valence-electron chi connectivity index (χ3n) is 2.19. The first-order valence-corrected chi connectivity index (χ1v) is 5.13. The molecule has 1 aromatic rings. The molecule has 0 aliphatic heterocycles. The van der Waals surface area contributed by atoms with Gasteiger partial charge in [-0.05, 0) is 44.8 Å². The van der Waals surface area contributed by atoms with Gasteiger partial charge in [-0.1, -0.05) is 23.7 Å². The Morgan fingerprint density at radius 2 is 1.86 bits per heavy atom. The van der Waals surface area contributed by atoms with Gasteiger partial charge in [-0.15, -0.1) is 0 Å². The Morgan fingerprint density at radius 1 is 1.29 bits per heavy atom. The molecule has 0 aromatic heterocycles. The Balaban J connectivity index is 2.52. The number of rotatable bonds is 4. The molecule has 1 rings (SSSR count). The van der Waals surface area contributed by atoms with Crippen molar-refractivity contribution in [1.82, 2.24) is 4.90 Å². The lowest BCUT2D eigenvalue weighted by Gasteiger charge is -2.15. The minimum absolute atomic E-state index is 0.106. The summed E-state index contributed by atoms with van der Waals surface area (Å²) in [7, 11) is 4.10. The van der Waals surface area contributed by atoms with Crippen molar-refractivity contribution in [3.8, 4) is 0 Å². The van der Waals surface area contributed by atoms with E-state index in [4.69, 9.17) is 17.3 Å². The van der Waals surface area contributed by atoms with E-state index >= 15 is 0 Å². The van der Waals surface area contributed by atoms with Crippen molar-refractivity contribution >= 4 is 11.6 Å². The van der Waals surface area contributed by atoms with Gasteiger partial charge in [0, 0.05) is 11.1 Å². The summed E-state index contributed by atoms with van der Waals surface area (Å²) in [6.07, 6.45) is 0.967. The van der Waals surface area contributed by atoms with Crippen LogP contribution in [-0.2, 0) is 0 Å². The van der Waals surface area contributed by atoms with Gasteiger partial charge in [0.2, 0.25) is 0 Å². The zero-order chi connectivity index (χ0) is 10.6. The van der Waals surface area contributed by atoms with Crippen LogP contribution in [0, 0.1) is 0 Å². The number of hydrogen-bond acceptors (Lipinski definition) is 2. The summed E-state index contributed by atoms with van der Waals surface area (Å²) in [5.74, 6) is 0. The summed E-state index contributed by atoms with van der Waals surface area (Å²) in [4.78, 5) is 2.13. The summed E-state index contributed by atoms with van der Waals surface area (Å²) in [6.45, 7) is 1.00. The van der Waals surface area contributed by atoms with E-state index in [9.17, 15) is 0 Å². The molecule has 0 fully saturated rings. The van der Waals surface area contributed by atoms with E-state index in [1.807, 2.05) is 24.3 Å². The summed E-state index contributed by atoms with van der Waals surface area (Å²) in [5.41, 5.74) is 7.17. The van der Waals surface area contributed by atoms with Crippen molar-refractivity contribution in [3.63, 3.8) is 0 Å². The van der Waals surface area contributed by atoms with Crippen molar-refractivity contribution in [3.05, 3.63) is 34.9 Å². The molecule has 0 unspecified atom stereocenters. The molecule has 1 atom stereocenters. The lowest BCUT2D eigenvalue weighted by atomic mass is 10.0. The predicted octanol–water partition coefficient (Wildman–Crippen LogP) is 2.29. The third-order valence-corrected chi connectivity index (χ3v) is 2.44. The molecule has 0 aliphatic rings. The smallest absolute Gasteiger partial charge is 0.0406 e. The van der Waals surface area contributed by atoms with Crippen molar-refractivity contribution in [1.29, 1.82) is 0 Å². The maximum absolute atomic E-state index is 6.02. The van der Waals surface area contributed by atoms with Crippen molar-refractivity contribution in [2.75, 3.05) is 20.6 Å². The SMILES string of the molecule is CN(C)CC[C@@H](N)c1ccc(Cl)cc1. The normalized spacial score (nSPS) is 13.2. The van der Waals surface area contributed by atoms with Crippen LogP contribution in [-0.4, -0.2) is 25.5 Å². The van der Waals surface area contributed by atoms with Gasteiger partial charge in [0.1, 0.15) is 0 Å². The lowest BCUT2D eigenvalue weighted by Crippen LogP contribution is -2.20. The van der Waals surface area contributed by atoms with Crippen molar-refractivity contribution in [2.24, 2.45) is 5.73 Å². The largest absolute Gasteiger partial charge is 0.324 e. The van der Waals surface area contributed by atoms with Gasteiger partial charge < -0.3 is 10.6 Å². The van der Waals surface area contributed by atoms with E-state index in [1.165, 1.54) is 0 Å². The van der Waals surface area contributed by atoms with Crippen molar-refractivity contribution in [2.45, 2.75) is 12.5 Å². The van der Waals surface area contributed by atoms with Gasteiger partial charge in [0.05, 0.1) is 0 Å². The van der Waals surface area contributed by atoms with Gasteiger partial charge in [0.25, 0.3) is 0 Å². The molecule has 78 valence electrons. The van der Waals surface area contributed by atoms with Crippen LogP contribution in [0.2, 0.25) is 5.02 Å². The second-order valence-electron chi connectivity index (χ2n) is 3.75. The Hall–Kier alpha value is -0.570. The van der Waals surface area contributed by atoms with Gasteiger partial charge >= 0.3 is 0 Å². The topological polar surface area (TPSA) is 29.3 Å². The lowest BCUT2D eigenvalue weighted by molar-refractivity contribution is 0.382. The number of halogens is 1. The van der Waals surface area contributed by atoms with E-state index in [0.29, 0.717) is 0 Å². The van der Waals surface area contributed by atoms with E-state index in [0.717, 1.165) is 23.6 Å². The second-order valence-corrected chi connectivity index (χ2v) is 4.19. The van der Waals surface area contributed by atoms with Crippen LogP contribution in [0.3, 0.4) is 0 Å². The van der Waals surface area contributed by atoms with E-state index in [2.05, 4.69) is 19.0 Å². The number of nitrogens with zero attached hydrogens (tertiary/aromatic N) is 1. The molecule has 2 nitrogen and oxygen atoms in total. The molecule has 0 amide bonds. The molecule has 0 aliphatic carbocycles. The minimum atomic E-state index is 0.106. The van der Waals surface area contributed by atoms with Crippen LogP contribution >= 0.6 is 11.6 Å². The van der Waals surface area contributed by atoms with Gasteiger partial charge in [-0.2, -0.15) is 0 Å². The van der Waals surface area contributed by atoms with E-state index in [1.54, 1.807) is 0 Å². The summed E-state index contributed by atoms with van der Waals surface area (Å²) >= 11 is 5.79. The highest BCUT2D eigenvalue weighted by Crippen LogP contribution is 2.17. The molecule has 0 saturated heterocycles. The molecule has 0 heterocycles. The Labute approximate surface area is 90.7 Å². The van der Waals surface area contributed by atoms with Crippen LogP contribution in [0.1, 0.15) is 18.0 Å². The van der Waals surface area contributed by atoms with Gasteiger partial charge in [-0.25, -0.2) is 0 Å². The third kappa shape index (κ3) is 3.66. The molecule has 0 saturated carbocycles. The first-order chi connectivity index (χ1) is 6.59. The molecule has 14 heavy (non-hydrogen) atoms. The molecular formula is C11H17ClN2. The minimum Gasteiger partial charge on any atom is -0.324 e. The van der Waals surface area contributed by atoms with Crippen LogP contribution in [0.15, 0.2) is 24.3 Å². The zero-order valence-electron chi connectivity index (χ0n) is 8.70. The Bertz CT molecular complexity index is 269. The molecule has 0 spiro atoms. The standard InChI is InChI=1S/C11H17ClN2/c1-14(2)8-7-11(13)9-3-5-10(12)6-4-9/h3-6,11H,7-8,13H2,1-2H3/t11-/m1/s1. The quantitative estimate of drug-likeness (QED) is 0.830. The summed E-state index contributed by atoms with van der Waals surface area (Å²) in [6, 6.07) is 7.85. The van der Waals surface area contributed by atoms with Crippen molar-refractivity contribution < 1.29 is 0 Å². The zero-order valence-corrected chi connectivity index (χ0v) is 9.46. The summed E-state index contributed by atoms with van der Waals surface area (Å²) in [5, 5.41) is 0.758. The monoisotopic (exact) mass is 212 g/mol. The van der Waals surface area contributed by atoms with Crippen LogP contribution in [0.5, 0.6) is 0 Å². The highest BCUT2D eigenvalue weighted by Gasteiger charge is 2.05. The molecule has 0 radical (unpaired) electrons. The number of nitrogens with two attached hydrogens (primary N) is 1. The predicted molar refractivity (Wildman–Crippen MR) is 61.6 cm³/mol. The highest BCUT2D eigenvalue weighted by atomic mass is 35.5. The Morgan fingerprint density at radius 3 is 2.36 bits per heavy atom. The molecule has 0 bridgehead atoms. The second kappa shape index (κ2) is 5.35. The fourth-order valence-electron chi connectivity index (χ4n) is 1.27. The first-order valence-electron chi connectivity index (χ1n) is 4.75. The average molecular weight is 213 g/mol. The maximum atomic E-state index is 6.02. The molecule has 1 aromatic carbocycles. The van der Waals surface area contributed by atoms with E-state index < -0.39 is 0 Å². The van der Waals surface area contributed by atoms with E-state index in [-0.39, 0.29) is 6.04 Å². The fraction of sp³-hybridized carbons (Fsp3) is 0.455. The van der Waals surface area contributed by atoms with Crippen LogP contribution in [0.25, 0.3) is 0 Å². The number of benzene rings is 1. The maximum Gasteiger partial charge on any atom is 0.0406 e. The van der Waals surface area contributed by atoms with Gasteiger partial charge in [-0.3, -0.25) is 0 Å². The van der Waals surface area contributed by atoms with Crippen LogP contribution < -0.4 is 5.73 Å². The molecule has 2 N–H and O–H groups in total. The van der Waals surface area contributed by atoms with Crippen LogP contribution in [0.4, 0.5) is 0 Å². The highest BCUT2D eigenvalue weighted by molar-refractivity contribution is 6.30. The molecule has 3 heteroatoms. The fourth-order valence-corrected chi connectivity index (χ4v) is 1.40. The number of hydrogen-bond donors (Lipinski definition) is 1. The first kappa shape index (κ1) is 11.5. The average Bonchev–Trinajstić information content (AvgIpc) is 2.15. The molecular weight excluding hydrogens is 196 g/mol. The Kier molecular flexibility index (Phi) is 4.39.